The van der Waals surface area contributed by atoms with Crippen molar-refractivity contribution >= 4 is 17.6 Å². The highest BCUT2D eigenvalue weighted by atomic mass is 16.4. The first-order valence-corrected chi connectivity index (χ1v) is 7.27. The molecule has 0 spiro atoms. The average Bonchev–Trinajstić information content (AvgIpc) is 2.48. The topological polar surface area (TPSA) is 57.6 Å². The van der Waals surface area contributed by atoms with Gasteiger partial charge >= 0.3 is 5.97 Å². The Balaban J connectivity index is 2.15. The number of benzene rings is 1. The van der Waals surface area contributed by atoms with E-state index in [1.807, 2.05) is 35.2 Å². The summed E-state index contributed by atoms with van der Waals surface area (Å²) in [4.78, 5) is 24.9. The summed E-state index contributed by atoms with van der Waals surface area (Å²) in [5.41, 5.74) is 0.884. The maximum atomic E-state index is 12.4. The van der Waals surface area contributed by atoms with E-state index in [2.05, 4.69) is 0 Å². The van der Waals surface area contributed by atoms with E-state index < -0.39 is 5.97 Å². The number of nitrogens with zero attached hydrogens (tertiary/aromatic N) is 1. The second-order valence-corrected chi connectivity index (χ2v) is 5.28. The molecule has 0 aliphatic heterocycles. The molecule has 2 rings (SSSR count). The first-order chi connectivity index (χ1) is 9.68. The van der Waals surface area contributed by atoms with E-state index in [-0.39, 0.29) is 24.8 Å². The van der Waals surface area contributed by atoms with Gasteiger partial charge in [-0.05, 0) is 25.0 Å². The number of anilines is 1. The molecule has 1 aliphatic carbocycles. The van der Waals surface area contributed by atoms with Crippen LogP contribution in [-0.2, 0) is 9.59 Å². The Morgan fingerprint density at radius 2 is 1.70 bits per heavy atom. The Labute approximate surface area is 119 Å². The monoisotopic (exact) mass is 275 g/mol. The molecule has 0 radical (unpaired) electrons. The highest BCUT2D eigenvalue weighted by Gasteiger charge is 2.26. The number of carboxylic acid groups (broad SMARTS) is 1. The largest absolute Gasteiger partial charge is 0.481 e. The van der Waals surface area contributed by atoms with Gasteiger partial charge in [0.05, 0.1) is 6.42 Å². The van der Waals surface area contributed by atoms with Crippen LogP contribution in [0.25, 0.3) is 0 Å². The highest BCUT2D eigenvalue weighted by Crippen LogP contribution is 2.28. The molecule has 1 N–H and O–H groups in total. The van der Waals surface area contributed by atoms with Gasteiger partial charge in [0.15, 0.2) is 0 Å². The number of hydrogen-bond donors (Lipinski definition) is 1. The zero-order chi connectivity index (χ0) is 14.4. The fraction of sp³-hybridized carbons (Fsp3) is 0.500. The van der Waals surface area contributed by atoms with Crippen LogP contribution in [0.5, 0.6) is 0 Å². The molecule has 1 amide bonds. The number of amides is 1. The van der Waals surface area contributed by atoms with E-state index in [9.17, 15) is 9.59 Å². The first-order valence-electron chi connectivity index (χ1n) is 7.27. The van der Waals surface area contributed by atoms with Crippen molar-refractivity contribution in [3.63, 3.8) is 0 Å². The van der Waals surface area contributed by atoms with Crippen LogP contribution < -0.4 is 4.90 Å². The lowest BCUT2D eigenvalue weighted by Crippen LogP contribution is -2.41. The third kappa shape index (κ3) is 3.83. The zero-order valence-electron chi connectivity index (χ0n) is 11.6. The van der Waals surface area contributed by atoms with Gasteiger partial charge in [-0.25, -0.2) is 0 Å². The van der Waals surface area contributed by atoms with Crippen LogP contribution in [0.1, 0.15) is 44.9 Å². The van der Waals surface area contributed by atoms with Gasteiger partial charge in [0.2, 0.25) is 5.91 Å². The van der Waals surface area contributed by atoms with Crippen LogP contribution in [0, 0.1) is 0 Å². The molecule has 0 bridgehead atoms. The minimum absolute atomic E-state index is 0.0702. The summed E-state index contributed by atoms with van der Waals surface area (Å²) in [5, 5.41) is 8.75. The van der Waals surface area contributed by atoms with Crippen LogP contribution in [0.3, 0.4) is 0 Å². The van der Waals surface area contributed by atoms with Gasteiger partial charge in [0, 0.05) is 18.2 Å². The van der Waals surface area contributed by atoms with Gasteiger partial charge in [-0.15, -0.1) is 0 Å². The quantitative estimate of drug-likeness (QED) is 0.897. The van der Waals surface area contributed by atoms with Gasteiger partial charge in [-0.2, -0.15) is 0 Å². The lowest BCUT2D eigenvalue weighted by molar-refractivity contribution is -0.138. The van der Waals surface area contributed by atoms with E-state index in [0.717, 1.165) is 31.4 Å². The van der Waals surface area contributed by atoms with Crippen molar-refractivity contribution in [3.8, 4) is 0 Å². The Kier molecular flexibility index (Phi) is 5.16. The maximum absolute atomic E-state index is 12.4. The third-order valence-corrected chi connectivity index (χ3v) is 3.80. The molecule has 20 heavy (non-hydrogen) atoms. The van der Waals surface area contributed by atoms with E-state index in [4.69, 9.17) is 5.11 Å². The van der Waals surface area contributed by atoms with Crippen molar-refractivity contribution in [2.24, 2.45) is 0 Å². The molecule has 1 saturated carbocycles. The maximum Gasteiger partial charge on any atom is 0.303 e. The second kappa shape index (κ2) is 7.08. The SMILES string of the molecule is O=C(O)CCC(=O)N(c1ccccc1)C1CCCCC1. The van der Waals surface area contributed by atoms with E-state index in [1.165, 1.54) is 6.42 Å². The minimum atomic E-state index is -0.921. The molecule has 1 aromatic rings. The molecule has 0 aromatic heterocycles. The zero-order valence-corrected chi connectivity index (χ0v) is 11.6. The predicted molar refractivity (Wildman–Crippen MR) is 77.7 cm³/mol. The number of carbonyl (C=O) groups is 2. The summed E-state index contributed by atoms with van der Waals surface area (Å²) in [6, 6.07) is 9.81. The van der Waals surface area contributed by atoms with Crippen molar-refractivity contribution in [2.45, 2.75) is 51.0 Å². The molecular formula is C16H21NO3. The Morgan fingerprint density at radius 1 is 1.05 bits per heavy atom. The number of aliphatic carboxylic acids is 1. The number of carboxylic acids is 1. The second-order valence-electron chi connectivity index (χ2n) is 5.28. The van der Waals surface area contributed by atoms with Crippen molar-refractivity contribution in [3.05, 3.63) is 30.3 Å². The Bertz CT molecular complexity index is 452. The van der Waals surface area contributed by atoms with Crippen LogP contribution in [-0.4, -0.2) is 23.0 Å². The van der Waals surface area contributed by atoms with Crippen molar-refractivity contribution in [1.29, 1.82) is 0 Å². The lowest BCUT2D eigenvalue weighted by atomic mass is 9.93. The van der Waals surface area contributed by atoms with Crippen LogP contribution >= 0.6 is 0 Å². The fourth-order valence-corrected chi connectivity index (χ4v) is 2.82. The molecule has 1 aromatic carbocycles. The van der Waals surface area contributed by atoms with Gasteiger partial charge in [0.1, 0.15) is 0 Å². The molecule has 0 heterocycles. The van der Waals surface area contributed by atoms with Gasteiger partial charge in [-0.1, -0.05) is 37.5 Å². The lowest BCUT2D eigenvalue weighted by Gasteiger charge is -2.34. The first kappa shape index (κ1) is 14.6. The number of para-hydroxylation sites is 1. The third-order valence-electron chi connectivity index (χ3n) is 3.80. The van der Waals surface area contributed by atoms with Crippen LogP contribution in [0.4, 0.5) is 5.69 Å². The average molecular weight is 275 g/mol. The molecule has 108 valence electrons. The van der Waals surface area contributed by atoms with Gasteiger partial charge in [-0.3, -0.25) is 9.59 Å². The minimum Gasteiger partial charge on any atom is -0.481 e. The van der Waals surface area contributed by atoms with Crippen molar-refractivity contribution < 1.29 is 14.7 Å². The van der Waals surface area contributed by atoms with E-state index in [0.29, 0.717) is 0 Å². The number of hydrogen-bond acceptors (Lipinski definition) is 2. The molecule has 0 atom stereocenters. The molecule has 0 saturated heterocycles. The van der Waals surface area contributed by atoms with E-state index in [1.54, 1.807) is 0 Å². The summed E-state index contributed by atoms with van der Waals surface area (Å²) in [6.07, 6.45) is 5.49. The summed E-state index contributed by atoms with van der Waals surface area (Å²) >= 11 is 0. The Morgan fingerprint density at radius 3 is 2.30 bits per heavy atom. The number of rotatable bonds is 5. The smallest absolute Gasteiger partial charge is 0.303 e. The van der Waals surface area contributed by atoms with Gasteiger partial charge < -0.3 is 10.0 Å². The molecule has 4 heteroatoms. The molecule has 4 nitrogen and oxygen atoms in total. The summed E-state index contributed by atoms with van der Waals surface area (Å²) in [7, 11) is 0. The number of carbonyl (C=O) groups excluding carboxylic acids is 1. The highest BCUT2D eigenvalue weighted by molar-refractivity contribution is 5.95. The van der Waals surface area contributed by atoms with Gasteiger partial charge in [0.25, 0.3) is 0 Å². The van der Waals surface area contributed by atoms with Crippen LogP contribution in [0.2, 0.25) is 0 Å². The standard InChI is InChI=1S/C16H21NO3/c18-15(11-12-16(19)20)17(13-7-3-1-4-8-13)14-9-5-2-6-10-14/h1,3-4,7-8,14H,2,5-6,9-12H2,(H,19,20). The molecule has 1 aliphatic rings. The summed E-state index contributed by atoms with van der Waals surface area (Å²) in [5.74, 6) is -1.000. The van der Waals surface area contributed by atoms with E-state index >= 15 is 0 Å². The fourth-order valence-electron chi connectivity index (χ4n) is 2.82. The summed E-state index contributed by atoms with van der Waals surface area (Å²) in [6.45, 7) is 0. The predicted octanol–water partition coefficient (Wildman–Crippen LogP) is 3.22. The summed E-state index contributed by atoms with van der Waals surface area (Å²) < 4.78 is 0. The van der Waals surface area contributed by atoms with Crippen molar-refractivity contribution in [1.82, 2.24) is 0 Å². The van der Waals surface area contributed by atoms with Crippen LogP contribution in [0.15, 0.2) is 30.3 Å². The molecule has 0 unspecified atom stereocenters. The molecule has 1 fully saturated rings. The Hall–Kier alpha value is -1.84. The normalized spacial score (nSPS) is 15.8. The van der Waals surface area contributed by atoms with Crippen molar-refractivity contribution in [2.75, 3.05) is 4.90 Å². The molecular weight excluding hydrogens is 254 g/mol.